The number of hydrogen-bond acceptors (Lipinski definition) is 6. The summed E-state index contributed by atoms with van der Waals surface area (Å²) in [5, 5.41) is 10.7. The Morgan fingerprint density at radius 1 is 1.12 bits per heavy atom. The molecule has 2 aromatic carbocycles. The number of aromatic nitrogens is 1. The molecule has 1 heterocycles. The third-order valence-corrected chi connectivity index (χ3v) is 6.42. The van der Waals surface area contributed by atoms with Gasteiger partial charge in [0.2, 0.25) is 0 Å². The summed E-state index contributed by atoms with van der Waals surface area (Å²) in [6.07, 6.45) is 1.27. The van der Waals surface area contributed by atoms with Crippen LogP contribution in [0.5, 0.6) is 0 Å². The number of carbonyl (C=O) groups excluding carboxylic acids is 1. The first-order valence-corrected chi connectivity index (χ1v) is 13.0. The van der Waals surface area contributed by atoms with Crippen LogP contribution in [0.4, 0.5) is 4.79 Å². The fourth-order valence-electron chi connectivity index (χ4n) is 3.16. The van der Waals surface area contributed by atoms with Gasteiger partial charge in [0.1, 0.15) is 11.6 Å². The number of hydrogen-bond donors (Lipinski definition) is 3. The van der Waals surface area contributed by atoms with Crippen LogP contribution in [0.1, 0.15) is 42.1 Å². The lowest BCUT2D eigenvalue weighted by Gasteiger charge is -2.17. The second kappa shape index (κ2) is 11.9. The largest absolute Gasteiger partial charge is 0.445 e. The molecule has 10 heteroatoms. The summed E-state index contributed by atoms with van der Waals surface area (Å²) in [6.45, 7) is 2.43. The van der Waals surface area contributed by atoms with Gasteiger partial charge in [0, 0.05) is 17.5 Å². The molecular formula is C23H28N4O4S2. The molecule has 0 unspecified atom stereocenters. The zero-order chi connectivity index (χ0) is 23.7. The van der Waals surface area contributed by atoms with Crippen molar-refractivity contribution in [3.8, 4) is 10.6 Å². The van der Waals surface area contributed by atoms with Gasteiger partial charge in [0.15, 0.2) is 0 Å². The molecule has 4 N–H and O–H groups in total. The third kappa shape index (κ3) is 8.58. The highest BCUT2D eigenvalue weighted by molar-refractivity contribution is 7.87. The topological polar surface area (TPSA) is 123 Å². The minimum absolute atomic E-state index is 0.170. The molecule has 0 aliphatic rings. The summed E-state index contributed by atoms with van der Waals surface area (Å²) in [4.78, 5) is 17.2. The first-order valence-electron chi connectivity index (χ1n) is 10.6. The second-order valence-corrected chi connectivity index (χ2v) is 9.87. The van der Waals surface area contributed by atoms with Gasteiger partial charge in [-0.3, -0.25) is 0 Å². The standard InChI is InChI=1S/C23H28N4O4S2/c1-17-10-12-19(13-11-17)22-26-21(16-32-22)20(9-5-6-14-25-33(24,29)30)27-23(28)31-15-18-7-3-2-4-8-18/h2-4,7-8,10-13,16,20,25H,5-6,9,14-15H2,1H3,(H,27,28)(H2,24,29,30)/t20-/m0/s1. The predicted molar refractivity (Wildman–Crippen MR) is 130 cm³/mol. The average Bonchev–Trinajstić information content (AvgIpc) is 3.27. The molecule has 0 radical (unpaired) electrons. The highest BCUT2D eigenvalue weighted by Gasteiger charge is 2.19. The molecule has 33 heavy (non-hydrogen) atoms. The van der Waals surface area contributed by atoms with Crippen molar-refractivity contribution in [1.82, 2.24) is 15.0 Å². The van der Waals surface area contributed by atoms with E-state index in [2.05, 4.69) is 10.0 Å². The van der Waals surface area contributed by atoms with Crippen LogP contribution in [0, 0.1) is 6.92 Å². The maximum atomic E-state index is 12.5. The number of aryl methyl sites for hydroxylation is 1. The average molecular weight is 489 g/mol. The number of nitrogens with zero attached hydrogens (tertiary/aromatic N) is 1. The quantitative estimate of drug-likeness (QED) is 0.351. The van der Waals surface area contributed by atoms with Gasteiger partial charge in [-0.25, -0.2) is 19.6 Å². The van der Waals surface area contributed by atoms with Crippen molar-refractivity contribution in [3.63, 3.8) is 0 Å². The summed E-state index contributed by atoms with van der Waals surface area (Å²) >= 11 is 1.51. The van der Waals surface area contributed by atoms with Crippen LogP contribution >= 0.6 is 11.3 Å². The Morgan fingerprint density at radius 2 is 1.85 bits per heavy atom. The van der Waals surface area contributed by atoms with Crippen molar-refractivity contribution in [2.45, 2.75) is 38.8 Å². The number of rotatable bonds is 11. The van der Waals surface area contributed by atoms with Crippen molar-refractivity contribution >= 4 is 27.6 Å². The number of thiazole rings is 1. The number of amides is 1. The summed E-state index contributed by atoms with van der Waals surface area (Å²) < 4.78 is 29.7. The van der Waals surface area contributed by atoms with Crippen LogP contribution in [-0.2, 0) is 21.6 Å². The molecule has 0 aliphatic heterocycles. The van der Waals surface area contributed by atoms with E-state index in [1.807, 2.05) is 66.9 Å². The van der Waals surface area contributed by atoms with Crippen LogP contribution in [-0.4, -0.2) is 26.0 Å². The maximum Gasteiger partial charge on any atom is 0.408 e. The molecule has 176 valence electrons. The van der Waals surface area contributed by atoms with Crippen molar-refractivity contribution < 1.29 is 17.9 Å². The molecule has 1 amide bonds. The fraction of sp³-hybridized carbons (Fsp3) is 0.304. The molecule has 0 bridgehead atoms. The molecule has 8 nitrogen and oxygen atoms in total. The van der Waals surface area contributed by atoms with Crippen molar-refractivity contribution in [2.24, 2.45) is 5.14 Å². The molecule has 0 aliphatic carbocycles. The van der Waals surface area contributed by atoms with Gasteiger partial charge >= 0.3 is 6.09 Å². The highest BCUT2D eigenvalue weighted by atomic mass is 32.2. The van der Waals surface area contributed by atoms with Gasteiger partial charge in [-0.15, -0.1) is 11.3 Å². The van der Waals surface area contributed by atoms with Gasteiger partial charge < -0.3 is 10.1 Å². The zero-order valence-electron chi connectivity index (χ0n) is 18.4. The number of carbonyl (C=O) groups is 1. The van der Waals surface area contributed by atoms with E-state index in [0.717, 1.165) is 21.8 Å². The van der Waals surface area contributed by atoms with E-state index in [9.17, 15) is 13.2 Å². The molecular weight excluding hydrogens is 460 g/mol. The van der Waals surface area contributed by atoms with Crippen LogP contribution in [0.25, 0.3) is 10.6 Å². The van der Waals surface area contributed by atoms with Crippen LogP contribution in [0.2, 0.25) is 0 Å². The second-order valence-electron chi connectivity index (χ2n) is 7.64. The van der Waals surface area contributed by atoms with E-state index in [0.29, 0.717) is 19.3 Å². The number of nitrogens with one attached hydrogen (secondary N) is 2. The Hall–Kier alpha value is -2.79. The molecule has 0 fully saturated rings. The molecule has 1 aromatic heterocycles. The summed E-state index contributed by atoms with van der Waals surface area (Å²) in [6, 6.07) is 17.2. The van der Waals surface area contributed by atoms with Crippen molar-refractivity contribution in [2.75, 3.05) is 6.54 Å². The monoisotopic (exact) mass is 488 g/mol. The van der Waals surface area contributed by atoms with E-state index in [4.69, 9.17) is 14.9 Å². The Morgan fingerprint density at radius 3 is 2.55 bits per heavy atom. The molecule has 3 aromatic rings. The summed E-state index contributed by atoms with van der Waals surface area (Å²) in [5.74, 6) is 0. The number of benzene rings is 2. The normalized spacial score (nSPS) is 12.3. The van der Waals surface area contributed by atoms with Crippen LogP contribution in [0.15, 0.2) is 60.0 Å². The van der Waals surface area contributed by atoms with Gasteiger partial charge in [-0.1, -0.05) is 60.2 Å². The van der Waals surface area contributed by atoms with Gasteiger partial charge in [-0.05, 0) is 31.7 Å². The number of alkyl carbamates (subject to hydrolysis) is 1. The first kappa shape index (κ1) is 24.8. The van der Waals surface area contributed by atoms with E-state index < -0.39 is 16.3 Å². The van der Waals surface area contributed by atoms with Crippen molar-refractivity contribution in [3.05, 3.63) is 76.8 Å². The SMILES string of the molecule is Cc1ccc(-c2nc([C@H](CCCCNS(N)(=O)=O)NC(=O)OCc3ccccc3)cs2)cc1. The van der Waals surface area contributed by atoms with E-state index in [1.54, 1.807) is 0 Å². The Kier molecular flexibility index (Phi) is 8.95. The zero-order valence-corrected chi connectivity index (χ0v) is 20.0. The lowest BCUT2D eigenvalue weighted by Crippen LogP contribution is -2.32. The van der Waals surface area contributed by atoms with Gasteiger partial charge in [0.05, 0.1) is 11.7 Å². The lowest BCUT2D eigenvalue weighted by molar-refractivity contribution is 0.134. The van der Waals surface area contributed by atoms with E-state index in [1.165, 1.54) is 16.9 Å². The minimum Gasteiger partial charge on any atom is -0.445 e. The third-order valence-electron chi connectivity index (χ3n) is 4.91. The van der Waals surface area contributed by atoms with Gasteiger partial charge in [-0.2, -0.15) is 8.42 Å². The van der Waals surface area contributed by atoms with Gasteiger partial charge in [0.25, 0.3) is 10.2 Å². The molecule has 3 rings (SSSR count). The van der Waals surface area contributed by atoms with E-state index >= 15 is 0 Å². The fourth-order valence-corrected chi connectivity index (χ4v) is 4.47. The number of ether oxygens (including phenoxy) is 1. The first-order chi connectivity index (χ1) is 15.8. The Labute approximate surface area is 198 Å². The van der Waals surface area contributed by atoms with Crippen molar-refractivity contribution in [1.29, 1.82) is 0 Å². The molecule has 0 saturated carbocycles. The summed E-state index contributed by atoms with van der Waals surface area (Å²) in [5.41, 5.74) is 3.82. The number of nitrogens with two attached hydrogens (primary N) is 1. The summed E-state index contributed by atoms with van der Waals surface area (Å²) in [7, 11) is -3.71. The predicted octanol–water partition coefficient (Wildman–Crippen LogP) is 4.05. The lowest BCUT2D eigenvalue weighted by atomic mass is 10.1. The number of unbranched alkanes of at least 4 members (excludes halogenated alkanes) is 1. The van der Waals surface area contributed by atoms with E-state index in [-0.39, 0.29) is 19.2 Å². The Balaban J connectivity index is 1.64. The maximum absolute atomic E-state index is 12.5. The van der Waals surface area contributed by atoms with Crippen LogP contribution < -0.4 is 15.2 Å². The molecule has 0 spiro atoms. The Bertz CT molecular complexity index is 1130. The highest BCUT2D eigenvalue weighted by Crippen LogP contribution is 2.28. The molecule has 1 atom stereocenters. The smallest absolute Gasteiger partial charge is 0.408 e. The molecule has 0 saturated heterocycles. The minimum atomic E-state index is -3.71. The van der Waals surface area contributed by atoms with Crippen LogP contribution in [0.3, 0.4) is 0 Å².